The highest BCUT2D eigenvalue weighted by Gasteiger charge is 2.24. The Kier molecular flexibility index (Phi) is 7.86. The maximum Gasteiger partial charge on any atom is 0.260 e. The number of likely N-dealkylation sites (tertiary alicyclic amines) is 1. The third-order valence-corrected chi connectivity index (χ3v) is 4.52. The number of amides is 1. The molecular weight excluding hydrogens is 312 g/mol. The van der Waals surface area contributed by atoms with E-state index >= 15 is 0 Å². The number of rotatable bonds is 5. The van der Waals surface area contributed by atoms with Crippen LogP contribution in [0, 0.1) is 5.92 Å². The summed E-state index contributed by atoms with van der Waals surface area (Å²) in [6.07, 6.45) is 1.98. The molecule has 1 amide bonds. The van der Waals surface area contributed by atoms with Gasteiger partial charge in [0.2, 0.25) is 0 Å². The summed E-state index contributed by atoms with van der Waals surface area (Å²) in [6.45, 7) is 8.04. The number of halogens is 1. The molecule has 1 unspecified atom stereocenters. The maximum absolute atomic E-state index is 12.2. The molecule has 0 bridgehead atoms. The Bertz CT molecular complexity index is 498. The van der Waals surface area contributed by atoms with E-state index in [9.17, 15) is 4.79 Å². The molecule has 1 atom stereocenters. The minimum Gasteiger partial charge on any atom is -0.484 e. The SMILES string of the molecule is CC(C)c1cccc(OCC(=O)N2CCC(C(C)N)CC2)c1.Cl. The van der Waals surface area contributed by atoms with Crippen LogP contribution in [-0.4, -0.2) is 36.5 Å². The summed E-state index contributed by atoms with van der Waals surface area (Å²) < 4.78 is 5.67. The van der Waals surface area contributed by atoms with Crippen molar-refractivity contribution in [2.75, 3.05) is 19.7 Å². The largest absolute Gasteiger partial charge is 0.484 e. The number of ether oxygens (including phenoxy) is 1. The standard InChI is InChI=1S/C18H28N2O2.ClH/c1-13(2)16-5-4-6-17(11-16)22-12-18(21)20-9-7-15(8-10-20)14(3)19;/h4-6,11,13-15H,7-10,12,19H2,1-3H3;1H. The van der Waals surface area contributed by atoms with E-state index in [1.165, 1.54) is 5.56 Å². The molecule has 1 saturated heterocycles. The van der Waals surface area contributed by atoms with Gasteiger partial charge < -0.3 is 15.4 Å². The summed E-state index contributed by atoms with van der Waals surface area (Å²) in [7, 11) is 0. The number of benzene rings is 1. The Morgan fingerprint density at radius 3 is 2.52 bits per heavy atom. The van der Waals surface area contributed by atoms with Gasteiger partial charge in [0.05, 0.1) is 0 Å². The van der Waals surface area contributed by atoms with Gasteiger partial charge in [-0.3, -0.25) is 4.79 Å². The maximum atomic E-state index is 12.2. The lowest BCUT2D eigenvalue weighted by atomic mass is 9.91. The van der Waals surface area contributed by atoms with E-state index in [1.54, 1.807) is 0 Å². The van der Waals surface area contributed by atoms with Gasteiger partial charge in [0.1, 0.15) is 5.75 Å². The Morgan fingerprint density at radius 2 is 1.96 bits per heavy atom. The van der Waals surface area contributed by atoms with Crippen molar-refractivity contribution in [3.8, 4) is 5.75 Å². The number of nitrogens with two attached hydrogens (primary N) is 1. The zero-order chi connectivity index (χ0) is 16.1. The van der Waals surface area contributed by atoms with Crippen molar-refractivity contribution in [1.29, 1.82) is 0 Å². The van der Waals surface area contributed by atoms with Gasteiger partial charge in [-0.2, -0.15) is 0 Å². The summed E-state index contributed by atoms with van der Waals surface area (Å²) in [4.78, 5) is 14.1. The zero-order valence-electron chi connectivity index (χ0n) is 14.3. The number of hydrogen-bond acceptors (Lipinski definition) is 3. The molecule has 0 spiro atoms. The summed E-state index contributed by atoms with van der Waals surface area (Å²) in [5.41, 5.74) is 7.16. The monoisotopic (exact) mass is 340 g/mol. The molecule has 0 saturated carbocycles. The first kappa shape index (κ1) is 19.8. The quantitative estimate of drug-likeness (QED) is 0.895. The van der Waals surface area contributed by atoms with Gasteiger partial charge in [0.15, 0.2) is 6.61 Å². The third kappa shape index (κ3) is 5.70. The zero-order valence-corrected chi connectivity index (χ0v) is 15.1. The highest BCUT2D eigenvalue weighted by atomic mass is 35.5. The molecule has 0 aromatic heterocycles. The van der Waals surface area contributed by atoms with Crippen LogP contribution in [-0.2, 0) is 4.79 Å². The molecule has 1 aromatic rings. The van der Waals surface area contributed by atoms with Crippen LogP contribution >= 0.6 is 12.4 Å². The van der Waals surface area contributed by atoms with Gasteiger partial charge >= 0.3 is 0 Å². The van der Waals surface area contributed by atoms with Crippen LogP contribution < -0.4 is 10.5 Å². The Hall–Kier alpha value is -1.26. The number of hydrogen-bond donors (Lipinski definition) is 1. The molecule has 130 valence electrons. The second-order valence-corrected chi connectivity index (χ2v) is 6.59. The Morgan fingerprint density at radius 1 is 1.30 bits per heavy atom. The van der Waals surface area contributed by atoms with Crippen molar-refractivity contribution in [3.63, 3.8) is 0 Å². The van der Waals surface area contributed by atoms with Crippen LogP contribution in [0.5, 0.6) is 5.75 Å². The molecule has 1 fully saturated rings. The van der Waals surface area contributed by atoms with E-state index in [-0.39, 0.29) is 31.0 Å². The molecule has 1 heterocycles. The second kappa shape index (κ2) is 9.14. The Balaban J connectivity index is 0.00000264. The number of piperidine rings is 1. The molecule has 5 heteroatoms. The number of carbonyl (C=O) groups excluding carboxylic acids is 1. The molecule has 2 N–H and O–H groups in total. The topological polar surface area (TPSA) is 55.6 Å². The molecule has 0 aliphatic carbocycles. The lowest BCUT2D eigenvalue weighted by molar-refractivity contribution is -0.134. The summed E-state index contributed by atoms with van der Waals surface area (Å²) in [5, 5.41) is 0. The molecule has 1 aliphatic rings. The minimum atomic E-state index is 0. The van der Waals surface area contributed by atoms with Gasteiger partial charge in [0.25, 0.3) is 5.91 Å². The van der Waals surface area contributed by atoms with Crippen molar-refractivity contribution >= 4 is 18.3 Å². The van der Waals surface area contributed by atoms with E-state index in [0.717, 1.165) is 31.7 Å². The van der Waals surface area contributed by atoms with Crippen LogP contribution in [0.2, 0.25) is 0 Å². The van der Waals surface area contributed by atoms with E-state index in [4.69, 9.17) is 10.5 Å². The van der Waals surface area contributed by atoms with Gasteiger partial charge in [-0.05, 0) is 49.3 Å². The molecule has 1 aliphatic heterocycles. The van der Waals surface area contributed by atoms with E-state index < -0.39 is 0 Å². The number of nitrogens with zero attached hydrogens (tertiary/aromatic N) is 1. The van der Waals surface area contributed by atoms with Crippen LogP contribution in [0.1, 0.15) is 45.1 Å². The van der Waals surface area contributed by atoms with Crippen molar-refractivity contribution in [3.05, 3.63) is 29.8 Å². The van der Waals surface area contributed by atoms with E-state index in [2.05, 4.69) is 19.9 Å². The molecule has 0 radical (unpaired) electrons. The summed E-state index contributed by atoms with van der Waals surface area (Å²) >= 11 is 0. The van der Waals surface area contributed by atoms with Crippen molar-refractivity contribution in [2.45, 2.75) is 45.6 Å². The molecule has 1 aromatic carbocycles. The molecule has 4 nitrogen and oxygen atoms in total. The molecular formula is C18H29ClN2O2. The van der Waals surface area contributed by atoms with Crippen LogP contribution in [0.3, 0.4) is 0 Å². The first-order chi connectivity index (χ1) is 10.5. The summed E-state index contributed by atoms with van der Waals surface area (Å²) in [6, 6.07) is 8.19. The fraction of sp³-hybridized carbons (Fsp3) is 0.611. The van der Waals surface area contributed by atoms with Crippen LogP contribution in [0.4, 0.5) is 0 Å². The first-order valence-corrected chi connectivity index (χ1v) is 8.23. The van der Waals surface area contributed by atoms with E-state index in [1.807, 2.05) is 30.0 Å². The van der Waals surface area contributed by atoms with Gasteiger partial charge in [-0.1, -0.05) is 26.0 Å². The fourth-order valence-corrected chi connectivity index (χ4v) is 2.87. The fourth-order valence-electron chi connectivity index (χ4n) is 2.87. The predicted molar refractivity (Wildman–Crippen MR) is 96.2 cm³/mol. The average molecular weight is 341 g/mol. The van der Waals surface area contributed by atoms with Crippen molar-refractivity contribution in [2.24, 2.45) is 11.7 Å². The smallest absolute Gasteiger partial charge is 0.260 e. The lowest BCUT2D eigenvalue weighted by Crippen LogP contribution is -2.44. The highest BCUT2D eigenvalue weighted by Crippen LogP contribution is 2.21. The lowest BCUT2D eigenvalue weighted by Gasteiger charge is -2.33. The van der Waals surface area contributed by atoms with Crippen LogP contribution in [0.25, 0.3) is 0 Å². The van der Waals surface area contributed by atoms with Crippen molar-refractivity contribution in [1.82, 2.24) is 4.90 Å². The van der Waals surface area contributed by atoms with Crippen LogP contribution in [0.15, 0.2) is 24.3 Å². The van der Waals surface area contributed by atoms with Gasteiger partial charge in [0, 0.05) is 19.1 Å². The predicted octanol–water partition coefficient (Wildman–Crippen LogP) is 3.20. The Labute approximate surface area is 145 Å². The minimum absolute atomic E-state index is 0. The highest BCUT2D eigenvalue weighted by molar-refractivity contribution is 5.85. The second-order valence-electron chi connectivity index (χ2n) is 6.59. The summed E-state index contributed by atoms with van der Waals surface area (Å²) in [5.74, 6) is 1.83. The van der Waals surface area contributed by atoms with Crippen molar-refractivity contribution < 1.29 is 9.53 Å². The van der Waals surface area contributed by atoms with E-state index in [0.29, 0.717) is 11.8 Å². The number of carbonyl (C=O) groups is 1. The van der Waals surface area contributed by atoms with Gasteiger partial charge in [-0.15, -0.1) is 12.4 Å². The first-order valence-electron chi connectivity index (χ1n) is 8.23. The third-order valence-electron chi connectivity index (χ3n) is 4.52. The average Bonchev–Trinajstić information content (AvgIpc) is 2.53. The molecule has 23 heavy (non-hydrogen) atoms. The molecule has 2 rings (SSSR count). The normalized spacial score (nSPS) is 16.8. The van der Waals surface area contributed by atoms with Gasteiger partial charge in [-0.25, -0.2) is 0 Å².